The zero-order chi connectivity index (χ0) is 7.14. The van der Waals surface area contributed by atoms with Crippen molar-refractivity contribution in [3.8, 4) is 0 Å². The van der Waals surface area contributed by atoms with Crippen molar-refractivity contribution in [2.24, 2.45) is 5.92 Å². The summed E-state index contributed by atoms with van der Waals surface area (Å²) in [5, 5.41) is 8.62. The summed E-state index contributed by atoms with van der Waals surface area (Å²) in [6.07, 6.45) is 3.18. The van der Waals surface area contributed by atoms with E-state index in [1.165, 1.54) is 0 Å². The van der Waals surface area contributed by atoms with Gasteiger partial charge in [-0.25, -0.2) is 0 Å². The number of aliphatic carboxylic acids is 1. The molecule has 0 aromatic rings. The van der Waals surface area contributed by atoms with E-state index in [-0.39, 0.29) is 12.0 Å². The fraction of sp³-hybridized carbons (Fsp3) is 0.857. The van der Waals surface area contributed by atoms with Gasteiger partial charge in [0, 0.05) is 0 Å². The molecule has 1 N–H and O–H groups in total. The lowest BCUT2D eigenvalue weighted by Crippen LogP contribution is -2.21. The van der Waals surface area contributed by atoms with Crippen LogP contribution in [-0.2, 0) is 9.53 Å². The summed E-state index contributed by atoms with van der Waals surface area (Å²) >= 11 is 0. The van der Waals surface area contributed by atoms with Crippen molar-refractivity contribution in [1.29, 1.82) is 0 Å². The number of carboxylic acids is 1. The average Bonchev–Trinajstić information content (AvgIpc) is 2.63. The summed E-state index contributed by atoms with van der Waals surface area (Å²) in [6.45, 7) is 0. The number of epoxide rings is 1. The Kier molecular flexibility index (Phi) is 1.20. The minimum Gasteiger partial charge on any atom is -0.481 e. The number of fused-ring (bicyclic) bond motifs is 1. The topological polar surface area (TPSA) is 49.8 Å². The van der Waals surface area contributed by atoms with E-state index in [9.17, 15) is 4.79 Å². The zero-order valence-electron chi connectivity index (χ0n) is 5.62. The number of carbonyl (C=O) groups is 1. The molecule has 1 aliphatic heterocycles. The smallest absolute Gasteiger partial charge is 0.306 e. The molecule has 1 heterocycles. The Labute approximate surface area is 59.0 Å². The molecule has 0 spiro atoms. The maximum atomic E-state index is 10.5. The normalized spacial score (nSPS) is 44.2. The molecule has 1 saturated heterocycles. The van der Waals surface area contributed by atoms with E-state index in [2.05, 4.69) is 0 Å². The van der Waals surface area contributed by atoms with Crippen LogP contribution >= 0.6 is 0 Å². The molecule has 0 bridgehead atoms. The Balaban J connectivity index is 1.94. The van der Waals surface area contributed by atoms with Crippen molar-refractivity contribution in [2.45, 2.75) is 31.5 Å². The Morgan fingerprint density at radius 1 is 1.40 bits per heavy atom. The van der Waals surface area contributed by atoms with Gasteiger partial charge in [0.05, 0.1) is 18.1 Å². The van der Waals surface area contributed by atoms with Gasteiger partial charge in [-0.05, 0) is 19.3 Å². The van der Waals surface area contributed by atoms with Gasteiger partial charge in [0.1, 0.15) is 0 Å². The minimum absolute atomic E-state index is 0.135. The molecule has 0 unspecified atom stereocenters. The number of ether oxygens (including phenoxy) is 1. The number of hydrogen-bond acceptors (Lipinski definition) is 2. The van der Waals surface area contributed by atoms with Gasteiger partial charge in [-0.1, -0.05) is 0 Å². The molecule has 2 fully saturated rings. The Morgan fingerprint density at radius 3 is 2.80 bits per heavy atom. The van der Waals surface area contributed by atoms with Crippen molar-refractivity contribution >= 4 is 5.97 Å². The first-order valence-electron chi connectivity index (χ1n) is 3.65. The molecular weight excluding hydrogens is 132 g/mol. The highest BCUT2D eigenvalue weighted by Crippen LogP contribution is 2.39. The highest BCUT2D eigenvalue weighted by atomic mass is 16.6. The Bertz CT molecular complexity index is 166. The second-order valence-corrected chi connectivity index (χ2v) is 3.06. The average molecular weight is 142 g/mol. The SMILES string of the molecule is O=C(O)[C@H]1CC[C@H]2O[C@H]2C1. The highest BCUT2D eigenvalue weighted by Gasteiger charge is 2.45. The quantitative estimate of drug-likeness (QED) is 0.546. The van der Waals surface area contributed by atoms with E-state index in [4.69, 9.17) is 9.84 Å². The molecule has 0 aromatic heterocycles. The molecule has 2 rings (SSSR count). The molecular formula is C7H10O3. The van der Waals surface area contributed by atoms with Gasteiger partial charge < -0.3 is 9.84 Å². The third-order valence-corrected chi connectivity index (χ3v) is 2.35. The van der Waals surface area contributed by atoms with Crippen LogP contribution in [0.4, 0.5) is 0 Å². The first-order valence-corrected chi connectivity index (χ1v) is 3.65. The molecule has 1 saturated carbocycles. The van der Waals surface area contributed by atoms with Crippen molar-refractivity contribution in [2.75, 3.05) is 0 Å². The van der Waals surface area contributed by atoms with Gasteiger partial charge in [-0.2, -0.15) is 0 Å². The van der Waals surface area contributed by atoms with E-state index in [1.807, 2.05) is 0 Å². The van der Waals surface area contributed by atoms with E-state index < -0.39 is 5.97 Å². The number of carboxylic acid groups (broad SMARTS) is 1. The number of rotatable bonds is 1. The summed E-state index contributed by atoms with van der Waals surface area (Å²) in [6, 6.07) is 0. The van der Waals surface area contributed by atoms with Crippen LogP contribution in [-0.4, -0.2) is 23.3 Å². The summed E-state index contributed by atoms with van der Waals surface area (Å²) in [4.78, 5) is 10.5. The molecule has 3 heteroatoms. The molecule has 3 nitrogen and oxygen atoms in total. The van der Waals surface area contributed by atoms with Crippen LogP contribution in [0, 0.1) is 5.92 Å². The lowest BCUT2D eigenvalue weighted by Gasteiger charge is -2.12. The highest BCUT2D eigenvalue weighted by molar-refractivity contribution is 5.70. The molecule has 10 heavy (non-hydrogen) atoms. The minimum atomic E-state index is -0.658. The second kappa shape index (κ2) is 1.95. The summed E-state index contributed by atoms with van der Waals surface area (Å²) in [5.74, 6) is -0.794. The van der Waals surface area contributed by atoms with Crippen LogP contribution in [0.1, 0.15) is 19.3 Å². The van der Waals surface area contributed by atoms with Crippen molar-refractivity contribution in [3.05, 3.63) is 0 Å². The fourth-order valence-corrected chi connectivity index (χ4v) is 1.63. The summed E-state index contributed by atoms with van der Waals surface area (Å²) in [7, 11) is 0. The van der Waals surface area contributed by atoms with Gasteiger partial charge in [0.15, 0.2) is 0 Å². The van der Waals surface area contributed by atoms with Crippen LogP contribution in [0.5, 0.6) is 0 Å². The molecule has 0 radical (unpaired) electrons. The van der Waals surface area contributed by atoms with Gasteiger partial charge in [0.25, 0.3) is 0 Å². The maximum absolute atomic E-state index is 10.5. The Hall–Kier alpha value is -0.570. The Morgan fingerprint density at radius 2 is 2.20 bits per heavy atom. The van der Waals surface area contributed by atoms with Crippen molar-refractivity contribution in [3.63, 3.8) is 0 Å². The summed E-state index contributed by atoms with van der Waals surface area (Å²) < 4.78 is 5.19. The van der Waals surface area contributed by atoms with Gasteiger partial charge in [-0.15, -0.1) is 0 Å². The molecule has 56 valence electrons. The lowest BCUT2D eigenvalue weighted by atomic mass is 9.90. The van der Waals surface area contributed by atoms with Crippen LogP contribution < -0.4 is 0 Å². The van der Waals surface area contributed by atoms with Crippen molar-refractivity contribution in [1.82, 2.24) is 0 Å². The van der Waals surface area contributed by atoms with E-state index in [1.54, 1.807) is 0 Å². The first-order chi connectivity index (χ1) is 4.77. The third kappa shape index (κ3) is 0.904. The number of hydrogen-bond donors (Lipinski definition) is 1. The van der Waals surface area contributed by atoms with Gasteiger partial charge in [-0.3, -0.25) is 4.79 Å². The van der Waals surface area contributed by atoms with Gasteiger partial charge in [0.2, 0.25) is 0 Å². The van der Waals surface area contributed by atoms with E-state index in [0.717, 1.165) is 19.3 Å². The zero-order valence-corrected chi connectivity index (χ0v) is 5.62. The molecule has 0 amide bonds. The molecule has 3 atom stereocenters. The third-order valence-electron chi connectivity index (χ3n) is 2.35. The molecule has 1 aliphatic carbocycles. The predicted octanol–water partition coefficient (Wildman–Crippen LogP) is 0.638. The van der Waals surface area contributed by atoms with Crippen LogP contribution in [0.15, 0.2) is 0 Å². The van der Waals surface area contributed by atoms with E-state index in [0.29, 0.717) is 6.10 Å². The summed E-state index contributed by atoms with van der Waals surface area (Å²) in [5.41, 5.74) is 0. The van der Waals surface area contributed by atoms with Crippen molar-refractivity contribution < 1.29 is 14.6 Å². The van der Waals surface area contributed by atoms with Crippen LogP contribution in [0.2, 0.25) is 0 Å². The van der Waals surface area contributed by atoms with E-state index >= 15 is 0 Å². The standard InChI is InChI=1S/C7H10O3/c8-7(9)4-1-2-5-6(3-4)10-5/h4-6H,1-3H2,(H,8,9)/t4-,5+,6-/m0/s1. The molecule has 0 aromatic carbocycles. The monoisotopic (exact) mass is 142 g/mol. The predicted molar refractivity (Wildman–Crippen MR) is 33.6 cm³/mol. The first kappa shape index (κ1) is 6.16. The molecule has 2 aliphatic rings. The van der Waals surface area contributed by atoms with Crippen LogP contribution in [0.3, 0.4) is 0 Å². The largest absolute Gasteiger partial charge is 0.481 e. The van der Waals surface area contributed by atoms with Gasteiger partial charge >= 0.3 is 5.97 Å². The lowest BCUT2D eigenvalue weighted by molar-refractivity contribution is -0.142. The fourth-order valence-electron chi connectivity index (χ4n) is 1.63. The van der Waals surface area contributed by atoms with Crippen LogP contribution in [0.25, 0.3) is 0 Å². The maximum Gasteiger partial charge on any atom is 0.306 e. The second-order valence-electron chi connectivity index (χ2n) is 3.06.